The van der Waals surface area contributed by atoms with E-state index in [-0.39, 0.29) is 18.4 Å². The number of hydrogen-bond acceptors (Lipinski definition) is 4. The summed E-state index contributed by atoms with van der Waals surface area (Å²) in [6.07, 6.45) is 2.82. The molecule has 162 valence electrons. The molecule has 3 aromatic rings. The van der Waals surface area contributed by atoms with Gasteiger partial charge in [0.25, 0.3) is 0 Å². The Morgan fingerprint density at radius 2 is 1.84 bits per heavy atom. The third kappa shape index (κ3) is 3.73. The summed E-state index contributed by atoms with van der Waals surface area (Å²) in [5.41, 5.74) is 6.52. The number of benzene rings is 2. The average molecular weight is 428 g/mol. The van der Waals surface area contributed by atoms with Gasteiger partial charge >= 0.3 is 0 Å². The van der Waals surface area contributed by atoms with Crippen molar-refractivity contribution >= 4 is 17.6 Å². The molecule has 32 heavy (non-hydrogen) atoms. The van der Waals surface area contributed by atoms with Crippen molar-refractivity contribution in [2.45, 2.75) is 32.9 Å². The van der Waals surface area contributed by atoms with E-state index >= 15 is 0 Å². The fourth-order valence-corrected chi connectivity index (χ4v) is 4.48. The first-order valence-electron chi connectivity index (χ1n) is 10.8. The highest BCUT2D eigenvalue weighted by molar-refractivity contribution is 6.00. The van der Waals surface area contributed by atoms with Crippen molar-refractivity contribution < 1.29 is 14.3 Å². The van der Waals surface area contributed by atoms with Gasteiger partial charge in [0.15, 0.2) is 0 Å². The van der Waals surface area contributed by atoms with Gasteiger partial charge in [0, 0.05) is 31.3 Å². The second-order valence-electron chi connectivity index (χ2n) is 8.44. The number of nitrogens with zero attached hydrogens (tertiary/aromatic N) is 3. The molecule has 0 unspecified atom stereocenters. The maximum Gasteiger partial charge on any atom is 0.243 e. The van der Waals surface area contributed by atoms with Gasteiger partial charge in [-0.15, -0.1) is 0 Å². The average Bonchev–Trinajstić information content (AvgIpc) is 3.24. The van der Waals surface area contributed by atoms with Crippen LogP contribution in [0.25, 0.3) is 11.1 Å². The first-order valence-corrected chi connectivity index (χ1v) is 10.8. The third-order valence-corrected chi connectivity index (χ3v) is 6.24. The summed E-state index contributed by atoms with van der Waals surface area (Å²) in [5, 5.41) is 0. The molecule has 1 aromatic heterocycles. The van der Waals surface area contributed by atoms with E-state index in [4.69, 9.17) is 4.74 Å². The van der Waals surface area contributed by atoms with E-state index in [1.54, 1.807) is 23.1 Å². The Morgan fingerprint density at radius 3 is 2.66 bits per heavy atom. The lowest BCUT2D eigenvalue weighted by Crippen LogP contribution is -2.43. The van der Waals surface area contributed by atoms with Crippen LogP contribution in [0.2, 0.25) is 0 Å². The minimum absolute atomic E-state index is 0.00769. The van der Waals surface area contributed by atoms with Crippen molar-refractivity contribution in [2.75, 3.05) is 18.6 Å². The van der Waals surface area contributed by atoms with Crippen LogP contribution in [0.5, 0.6) is 5.75 Å². The summed E-state index contributed by atoms with van der Waals surface area (Å²) in [6, 6.07) is 16.3. The first-order chi connectivity index (χ1) is 15.5. The topological polar surface area (TPSA) is 62.7 Å². The van der Waals surface area contributed by atoms with Gasteiger partial charge in [-0.05, 0) is 53.8 Å². The molecule has 0 saturated carbocycles. The summed E-state index contributed by atoms with van der Waals surface area (Å²) in [4.78, 5) is 33.7. The zero-order valence-electron chi connectivity index (χ0n) is 18.3. The number of rotatable bonds is 4. The lowest BCUT2D eigenvalue weighted by Gasteiger charge is -2.29. The van der Waals surface area contributed by atoms with Crippen LogP contribution in [0, 0.1) is 6.92 Å². The van der Waals surface area contributed by atoms with Gasteiger partial charge in [-0.2, -0.15) is 0 Å². The summed E-state index contributed by atoms with van der Waals surface area (Å²) in [5.74, 6) is 1.25. The quantitative estimate of drug-likeness (QED) is 0.634. The highest BCUT2D eigenvalue weighted by Crippen LogP contribution is 2.31. The van der Waals surface area contributed by atoms with Crippen LogP contribution in [0.4, 0.5) is 5.82 Å². The van der Waals surface area contributed by atoms with Gasteiger partial charge in [-0.25, -0.2) is 4.98 Å². The minimum Gasteiger partial charge on any atom is -0.497 e. The minimum atomic E-state index is -0.0778. The highest BCUT2D eigenvalue weighted by atomic mass is 16.5. The molecular formula is C26H25N3O3. The number of amides is 2. The summed E-state index contributed by atoms with van der Waals surface area (Å²) >= 11 is 0. The Balaban J connectivity index is 1.36. The van der Waals surface area contributed by atoms with E-state index in [1.807, 2.05) is 24.3 Å². The van der Waals surface area contributed by atoms with Crippen molar-refractivity contribution in [1.82, 2.24) is 9.88 Å². The van der Waals surface area contributed by atoms with E-state index < -0.39 is 0 Å². The van der Waals surface area contributed by atoms with E-state index in [9.17, 15) is 9.59 Å². The molecule has 3 heterocycles. The molecule has 0 fully saturated rings. The molecule has 2 aliphatic heterocycles. The fourth-order valence-electron chi connectivity index (χ4n) is 4.48. The van der Waals surface area contributed by atoms with Crippen molar-refractivity contribution in [3.63, 3.8) is 0 Å². The molecule has 0 radical (unpaired) electrons. The number of pyridine rings is 1. The zero-order valence-corrected chi connectivity index (χ0v) is 18.3. The molecule has 0 aliphatic carbocycles. The number of aromatic nitrogens is 1. The molecule has 2 aliphatic rings. The largest absolute Gasteiger partial charge is 0.497 e. The van der Waals surface area contributed by atoms with Crippen LogP contribution in [0.1, 0.15) is 28.7 Å². The van der Waals surface area contributed by atoms with E-state index in [1.165, 1.54) is 5.56 Å². The Bertz CT molecular complexity index is 1220. The summed E-state index contributed by atoms with van der Waals surface area (Å²) < 4.78 is 5.29. The SMILES string of the molecule is COc1ccc2c(c1)CN(C(=O)CN1C(=O)CCc3cc(-c4cccc(C)c4)cnc31)C2. The molecule has 5 rings (SSSR count). The maximum absolute atomic E-state index is 13.1. The van der Waals surface area contributed by atoms with Crippen LogP contribution >= 0.6 is 0 Å². The molecule has 2 amide bonds. The molecule has 0 saturated heterocycles. The fraction of sp³-hybridized carbons (Fsp3) is 0.269. The Labute approximate surface area is 187 Å². The van der Waals surface area contributed by atoms with Crippen LogP contribution in [-0.2, 0) is 29.1 Å². The second kappa shape index (κ2) is 8.11. The van der Waals surface area contributed by atoms with Gasteiger partial charge in [0.1, 0.15) is 18.1 Å². The second-order valence-corrected chi connectivity index (χ2v) is 8.44. The van der Waals surface area contributed by atoms with Gasteiger partial charge in [0.05, 0.1) is 7.11 Å². The van der Waals surface area contributed by atoms with Crippen LogP contribution in [0.15, 0.2) is 54.7 Å². The van der Waals surface area contributed by atoms with Crippen LogP contribution in [-0.4, -0.2) is 35.4 Å². The normalized spacial score (nSPS) is 14.9. The lowest BCUT2D eigenvalue weighted by atomic mass is 9.99. The number of methoxy groups -OCH3 is 1. The molecule has 6 nitrogen and oxygen atoms in total. The van der Waals surface area contributed by atoms with Crippen LogP contribution in [0.3, 0.4) is 0 Å². The summed E-state index contributed by atoms with van der Waals surface area (Å²) in [6.45, 7) is 3.15. The number of aryl methyl sites for hydroxylation is 2. The highest BCUT2D eigenvalue weighted by Gasteiger charge is 2.31. The Morgan fingerprint density at radius 1 is 1.00 bits per heavy atom. The Hall–Kier alpha value is -3.67. The van der Waals surface area contributed by atoms with E-state index in [2.05, 4.69) is 36.2 Å². The number of carbonyl (C=O) groups is 2. The molecule has 0 spiro atoms. The zero-order chi connectivity index (χ0) is 22.2. The third-order valence-electron chi connectivity index (χ3n) is 6.24. The molecule has 6 heteroatoms. The van der Waals surface area contributed by atoms with Crippen molar-refractivity contribution in [2.24, 2.45) is 0 Å². The molecule has 0 bridgehead atoms. The standard InChI is InChI=1S/C26H25N3O3/c1-17-4-3-5-18(10-17)21-11-19-7-9-24(30)29(26(19)27-13-21)16-25(31)28-14-20-6-8-23(32-2)12-22(20)15-28/h3-6,8,10-13H,7,9,14-16H2,1-2H3. The van der Waals surface area contributed by atoms with Crippen molar-refractivity contribution in [3.05, 3.63) is 77.0 Å². The predicted molar refractivity (Wildman–Crippen MR) is 122 cm³/mol. The van der Waals surface area contributed by atoms with Gasteiger partial charge in [-0.3, -0.25) is 14.5 Å². The van der Waals surface area contributed by atoms with Gasteiger partial charge in [0.2, 0.25) is 11.8 Å². The number of anilines is 1. The van der Waals surface area contributed by atoms with Crippen molar-refractivity contribution in [3.8, 4) is 16.9 Å². The van der Waals surface area contributed by atoms with Gasteiger partial charge in [-0.1, -0.05) is 35.9 Å². The number of carbonyl (C=O) groups excluding carboxylic acids is 2. The molecule has 0 N–H and O–H groups in total. The smallest absolute Gasteiger partial charge is 0.243 e. The maximum atomic E-state index is 13.1. The molecule has 0 atom stereocenters. The first kappa shape index (κ1) is 20.2. The monoisotopic (exact) mass is 427 g/mol. The molecule has 2 aromatic carbocycles. The summed E-state index contributed by atoms with van der Waals surface area (Å²) in [7, 11) is 1.64. The number of fused-ring (bicyclic) bond motifs is 2. The number of ether oxygens (including phenoxy) is 1. The Kier molecular flexibility index (Phi) is 5.13. The van der Waals surface area contributed by atoms with Crippen molar-refractivity contribution in [1.29, 1.82) is 0 Å². The predicted octanol–water partition coefficient (Wildman–Crippen LogP) is 3.89. The van der Waals surface area contributed by atoms with E-state index in [0.29, 0.717) is 31.7 Å². The van der Waals surface area contributed by atoms with Gasteiger partial charge < -0.3 is 9.64 Å². The molecular weight excluding hydrogens is 402 g/mol. The van der Waals surface area contributed by atoms with Crippen LogP contribution < -0.4 is 9.64 Å². The van der Waals surface area contributed by atoms with E-state index in [0.717, 1.165) is 33.6 Å². The lowest BCUT2D eigenvalue weighted by molar-refractivity contribution is -0.132. The number of hydrogen-bond donors (Lipinski definition) is 0.